The van der Waals surface area contributed by atoms with E-state index in [0.717, 1.165) is 12.0 Å². The fourth-order valence-corrected chi connectivity index (χ4v) is 2.02. The minimum absolute atomic E-state index is 0.0139. The molecular formula is C9H9Cl2NO. The third-order valence-electron chi connectivity index (χ3n) is 2.11. The lowest BCUT2D eigenvalue weighted by Gasteiger charge is -2.23. The van der Waals surface area contributed by atoms with Crippen LogP contribution in [0.25, 0.3) is 0 Å². The number of hydrogen-bond acceptors (Lipinski definition) is 2. The lowest BCUT2D eigenvalue weighted by atomic mass is 10.0. The Morgan fingerprint density at radius 3 is 2.92 bits per heavy atom. The summed E-state index contributed by atoms with van der Waals surface area (Å²) in [5.74, 6) is 0.685. The molecule has 2 rings (SSSR count). The molecule has 0 aromatic heterocycles. The molecule has 1 aromatic carbocycles. The van der Waals surface area contributed by atoms with E-state index in [2.05, 4.69) is 0 Å². The molecular weight excluding hydrogens is 209 g/mol. The van der Waals surface area contributed by atoms with E-state index in [-0.39, 0.29) is 6.04 Å². The van der Waals surface area contributed by atoms with Gasteiger partial charge in [-0.15, -0.1) is 0 Å². The van der Waals surface area contributed by atoms with E-state index in [1.54, 1.807) is 6.07 Å². The van der Waals surface area contributed by atoms with Gasteiger partial charge in [-0.25, -0.2) is 0 Å². The third-order valence-corrected chi connectivity index (χ3v) is 2.61. The highest BCUT2D eigenvalue weighted by Gasteiger charge is 2.20. The lowest BCUT2D eigenvalue weighted by molar-refractivity contribution is 0.269. The molecule has 0 saturated heterocycles. The molecule has 13 heavy (non-hydrogen) atoms. The summed E-state index contributed by atoms with van der Waals surface area (Å²) in [7, 11) is 0. The zero-order valence-electron chi connectivity index (χ0n) is 6.89. The van der Waals surface area contributed by atoms with Gasteiger partial charge in [-0.1, -0.05) is 23.2 Å². The topological polar surface area (TPSA) is 35.2 Å². The first-order chi connectivity index (χ1) is 6.18. The van der Waals surface area contributed by atoms with Crippen molar-refractivity contribution in [1.29, 1.82) is 0 Å². The molecule has 1 heterocycles. The van der Waals surface area contributed by atoms with Crippen molar-refractivity contribution in [2.75, 3.05) is 6.61 Å². The SMILES string of the molecule is N[C@@H]1CCOc2c(Cl)cc(Cl)cc21. The van der Waals surface area contributed by atoms with Crippen LogP contribution in [0.15, 0.2) is 12.1 Å². The van der Waals surface area contributed by atoms with Crippen LogP contribution in [0, 0.1) is 0 Å². The molecule has 4 heteroatoms. The Kier molecular flexibility index (Phi) is 2.37. The number of nitrogens with two attached hydrogens (primary N) is 1. The van der Waals surface area contributed by atoms with E-state index in [4.69, 9.17) is 33.7 Å². The zero-order chi connectivity index (χ0) is 9.42. The van der Waals surface area contributed by atoms with Crippen LogP contribution in [-0.2, 0) is 0 Å². The molecule has 0 radical (unpaired) electrons. The molecule has 1 aliphatic rings. The Labute approximate surface area is 86.6 Å². The zero-order valence-corrected chi connectivity index (χ0v) is 8.40. The number of fused-ring (bicyclic) bond motifs is 1. The second-order valence-corrected chi connectivity index (χ2v) is 3.89. The molecule has 0 fully saturated rings. The second kappa shape index (κ2) is 3.37. The van der Waals surface area contributed by atoms with Gasteiger partial charge in [0, 0.05) is 23.0 Å². The van der Waals surface area contributed by atoms with Crippen LogP contribution in [-0.4, -0.2) is 6.61 Å². The van der Waals surface area contributed by atoms with Crippen LogP contribution in [0.2, 0.25) is 10.0 Å². The van der Waals surface area contributed by atoms with Gasteiger partial charge >= 0.3 is 0 Å². The van der Waals surface area contributed by atoms with Gasteiger partial charge in [0.25, 0.3) is 0 Å². The van der Waals surface area contributed by atoms with Crippen LogP contribution < -0.4 is 10.5 Å². The van der Waals surface area contributed by atoms with Gasteiger partial charge in [-0.05, 0) is 12.1 Å². The van der Waals surface area contributed by atoms with Crippen molar-refractivity contribution in [3.63, 3.8) is 0 Å². The summed E-state index contributed by atoms with van der Waals surface area (Å²) in [5, 5.41) is 1.14. The van der Waals surface area contributed by atoms with Crippen LogP contribution in [0.3, 0.4) is 0 Å². The molecule has 0 amide bonds. The van der Waals surface area contributed by atoms with Crippen LogP contribution >= 0.6 is 23.2 Å². The van der Waals surface area contributed by atoms with Crippen molar-refractivity contribution in [3.8, 4) is 5.75 Å². The maximum atomic E-state index is 5.95. The highest BCUT2D eigenvalue weighted by molar-refractivity contribution is 6.35. The Balaban J connectivity index is 2.56. The van der Waals surface area contributed by atoms with Gasteiger partial charge in [-0.2, -0.15) is 0 Å². The minimum Gasteiger partial charge on any atom is -0.492 e. The molecule has 2 N–H and O–H groups in total. The van der Waals surface area contributed by atoms with Crippen LogP contribution in [0.1, 0.15) is 18.0 Å². The average molecular weight is 218 g/mol. The Morgan fingerprint density at radius 1 is 1.38 bits per heavy atom. The summed E-state index contributed by atoms with van der Waals surface area (Å²) in [6, 6.07) is 3.46. The normalized spacial score (nSPS) is 20.7. The van der Waals surface area contributed by atoms with E-state index < -0.39 is 0 Å². The lowest BCUT2D eigenvalue weighted by Crippen LogP contribution is -2.20. The summed E-state index contributed by atoms with van der Waals surface area (Å²) < 4.78 is 5.41. The molecule has 1 aromatic rings. The van der Waals surface area contributed by atoms with Crippen molar-refractivity contribution < 1.29 is 4.74 Å². The molecule has 1 atom stereocenters. The van der Waals surface area contributed by atoms with Crippen molar-refractivity contribution in [3.05, 3.63) is 27.7 Å². The Morgan fingerprint density at radius 2 is 2.15 bits per heavy atom. The van der Waals surface area contributed by atoms with Gasteiger partial charge in [0.05, 0.1) is 11.6 Å². The molecule has 0 aliphatic carbocycles. The fourth-order valence-electron chi connectivity index (χ4n) is 1.45. The molecule has 2 nitrogen and oxygen atoms in total. The molecule has 0 unspecified atom stereocenters. The highest BCUT2D eigenvalue weighted by Crippen LogP contribution is 2.38. The number of ether oxygens (including phenoxy) is 1. The van der Waals surface area contributed by atoms with Gasteiger partial charge in [-0.3, -0.25) is 0 Å². The van der Waals surface area contributed by atoms with Crippen molar-refractivity contribution in [2.45, 2.75) is 12.5 Å². The number of halogens is 2. The van der Waals surface area contributed by atoms with Crippen LogP contribution in [0.5, 0.6) is 5.75 Å². The quantitative estimate of drug-likeness (QED) is 0.726. The van der Waals surface area contributed by atoms with Gasteiger partial charge in [0.2, 0.25) is 0 Å². The summed E-state index contributed by atoms with van der Waals surface area (Å²) in [6.07, 6.45) is 0.809. The van der Waals surface area contributed by atoms with Crippen molar-refractivity contribution >= 4 is 23.2 Å². The largest absolute Gasteiger partial charge is 0.492 e. The monoisotopic (exact) mass is 217 g/mol. The number of hydrogen-bond donors (Lipinski definition) is 1. The number of rotatable bonds is 0. The molecule has 0 saturated carbocycles. The van der Waals surface area contributed by atoms with Crippen LogP contribution in [0.4, 0.5) is 0 Å². The first-order valence-electron chi connectivity index (χ1n) is 4.06. The second-order valence-electron chi connectivity index (χ2n) is 3.05. The summed E-state index contributed by atoms with van der Waals surface area (Å²) in [6.45, 7) is 0.621. The standard InChI is InChI=1S/C9H9Cl2NO/c10-5-3-6-8(12)1-2-13-9(6)7(11)4-5/h3-4,8H,1-2,12H2/t8-/m1/s1. The molecule has 70 valence electrons. The first-order valence-corrected chi connectivity index (χ1v) is 4.81. The predicted octanol–water partition coefficient (Wildman–Crippen LogP) is 2.78. The van der Waals surface area contributed by atoms with E-state index in [9.17, 15) is 0 Å². The Hall–Kier alpha value is -0.440. The molecule has 0 bridgehead atoms. The van der Waals surface area contributed by atoms with Crippen molar-refractivity contribution in [1.82, 2.24) is 0 Å². The maximum absolute atomic E-state index is 5.95. The maximum Gasteiger partial charge on any atom is 0.142 e. The molecule has 0 spiro atoms. The predicted molar refractivity (Wildman–Crippen MR) is 53.5 cm³/mol. The van der Waals surface area contributed by atoms with Gasteiger partial charge in [0.1, 0.15) is 5.75 Å². The summed E-state index contributed by atoms with van der Waals surface area (Å²) >= 11 is 11.8. The fraction of sp³-hybridized carbons (Fsp3) is 0.333. The average Bonchev–Trinajstić information content (AvgIpc) is 2.07. The van der Waals surface area contributed by atoms with E-state index >= 15 is 0 Å². The summed E-state index contributed by atoms with van der Waals surface area (Å²) in [5.41, 5.74) is 6.79. The van der Waals surface area contributed by atoms with E-state index in [1.807, 2.05) is 6.07 Å². The summed E-state index contributed by atoms with van der Waals surface area (Å²) in [4.78, 5) is 0. The van der Waals surface area contributed by atoms with E-state index in [1.165, 1.54) is 0 Å². The Bertz CT molecular complexity index is 341. The third kappa shape index (κ3) is 1.62. The van der Waals surface area contributed by atoms with Crippen molar-refractivity contribution in [2.24, 2.45) is 5.73 Å². The minimum atomic E-state index is -0.0139. The van der Waals surface area contributed by atoms with Gasteiger partial charge in [0.15, 0.2) is 0 Å². The highest BCUT2D eigenvalue weighted by atomic mass is 35.5. The van der Waals surface area contributed by atoms with Gasteiger partial charge < -0.3 is 10.5 Å². The first kappa shape index (κ1) is 9.13. The van der Waals surface area contributed by atoms with E-state index in [0.29, 0.717) is 22.4 Å². The smallest absolute Gasteiger partial charge is 0.142 e. The molecule has 1 aliphatic heterocycles. The number of benzene rings is 1.